The van der Waals surface area contributed by atoms with Crippen molar-refractivity contribution in [2.75, 3.05) is 19.7 Å². The van der Waals surface area contributed by atoms with E-state index in [1.807, 2.05) is 30.8 Å². The number of rotatable bonds is 7. The lowest BCUT2D eigenvalue weighted by Crippen LogP contribution is -2.50. The molecule has 1 aromatic heterocycles. The molecule has 0 aliphatic carbocycles. The minimum absolute atomic E-state index is 0.0350. The van der Waals surface area contributed by atoms with Gasteiger partial charge in [-0.25, -0.2) is 9.69 Å². The molecular weight excluding hydrogens is 412 g/mol. The highest BCUT2D eigenvalue weighted by Gasteiger charge is 2.35. The second-order valence-electron chi connectivity index (χ2n) is 8.77. The van der Waals surface area contributed by atoms with E-state index in [1.165, 1.54) is 0 Å². The second-order valence-corrected chi connectivity index (χ2v) is 8.77. The fourth-order valence-corrected chi connectivity index (χ4v) is 3.33. The minimum Gasteiger partial charge on any atom is -0.485 e. The number of hydrogen-bond acceptors (Lipinski definition) is 7. The Morgan fingerprint density at radius 3 is 2.66 bits per heavy atom. The van der Waals surface area contributed by atoms with Crippen LogP contribution < -0.4 is 14.8 Å². The number of carbonyl (C=O) groups excluding carboxylic acids is 2. The van der Waals surface area contributed by atoms with Crippen LogP contribution in [0.2, 0.25) is 0 Å². The van der Waals surface area contributed by atoms with Crippen LogP contribution in [0.4, 0.5) is 4.79 Å². The molecule has 9 nitrogen and oxygen atoms in total. The highest BCUT2D eigenvalue weighted by molar-refractivity contribution is 5.95. The number of benzene rings is 1. The van der Waals surface area contributed by atoms with Crippen LogP contribution in [-0.2, 0) is 23.1 Å². The molecule has 1 N–H and O–H groups in total. The molecule has 174 valence electrons. The van der Waals surface area contributed by atoms with Crippen molar-refractivity contribution in [1.29, 1.82) is 0 Å². The molecule has 0 saturated heterocycles. The number of hydrogen-bond donors (Lipinski definition) is 1. The largest absolute Gasteiger partial charge is 0.485 e. The molecule has 0 radical (unpaired) electrons. The van der Waals surface area contributed by atoms with E-state index in [0.717, 1.165) is 16.3 Å². The van der Waals surface area contributed by atoms with E-state index >= 15 is 0 Å². The van der Waals surface area contributed by atoms with E-state index in [1.54, 1.807) is 39.0 Å². The highest BCUT2D eigenvalue weighted by Crippen LogP contribution is 2.31. The van der Waals surface area contributed by atoms with Crippen molar-refractivity contribution in [3.8, 4) is 11.5 Å². The Morgan fingerprint density at radius 1 is 1.28 bits per heavy atom. The molecule has 2 amide bonds. The van der Waals surface area contributed by atoms with Crippen molar-refractivity contribution in [2.24, 2.45) is 7.05 Å². The summed E-state index contributed by atoms with van der Waals surface area (Å²) < 4.78 is 18.7. The average molecular weight is 445 g/mol. The fraction of sp³-hybridized carbons (Fsp3) is 0.522. The van der Waals surface area contributed by atoms with Crippen LogP contribution in [0, 0.1) is 6.92 Å². The first-order valence-electron chi connectivity index (χ1n) is 10.8. The maximum absolute atomic E-state index is 13.2. The van der Waals surface area contributed by atoms with Crippen LogP contribution in [0.15, 0.2) is 30.3 Å². The Morgan fingerprint density at radius 2 is 2.00 bits per heavy atom. The van der Waals surface area contributed by atoms with Gasteiger partial charge in [0, 0.05) is 20.1 Å². The number of aromatic nitrogens is 2. The zero-order valence-corrected chi connectivity index (χ0v) is 19.4. The van der Waals surface area contributed by atoms with E-state index in [2.05, 4.69) is 10.4 Å². The van der Waals surface area contributed by atoms with Crippen LogP contribution in [0.1, 0.15) is 38.6 Å². The zero-order valence-electron chi connectivity index (χ0n) is 19.4. The molecule has 0 spiro atoms. The molecule has 1 unspecified atom stereocenters. The minimum atomic E-state index is -0.914. The summed E-state index contributed by atoms with van der Waals surface area (Å²) in [5, 5.41) is 7.65. The number of imide groups is 1. The SMILES string of the molecule is Cc1cc(CNCCCN(C(=O)OC(C)(C)C)C(=O)C2COc3ccccc3O2)n(C)n1. The quantitative estimate of drug-likeness (QED) is 0.656. The van der Waals surface area contributed by atoms with Gasteiger partial charge in [0.05, 0.1) is 11.4 Å². The summed E-state index contributed by atoms with van der Waals surface area (Å²) in [7, 11) is 1.90. The molecule has 0 saturated carbocycles. The van der Waals surface area contributed by atoms with Crippen molar-refractivity contribution in [3.63, 3.8) is 0 Å². The van der Waals surface area contributed by atoms with Crippen molar-refractivity contribution in [1.82, 2.24) is 20.0 Å². The normalized spacial score (nSPS) is 15.3. The van der Waals surface area contributed by atoms with Crippen molar-refractivity contribution < 1.29 is 23.8 Å². The monoisotopic (exact) mass is 444 g/mol. The average Bonchev–Trinajstić information content (AvgIpc) is 3.05. The van der Waals surface area contributed by atoms with Crippen molar-refractivity contribution in [2.45, 2.75) is 52.4 Å². The number of nitrogens with one attached hydrogen (secondary N) is 1. The van der Waals surface area contributed by atoms with Gasteiger partial charge in [-0.3, -0.25) is 9.48 Å². The van der Waals surface area contributed by atoms with Crippen LogP contribution in [0.5, 0.6) is 11.5 Å². The third-order valence-electron chi connectivity index (χ3n) is 4.80. The molecule has 32 heavy (non-hydrogen) atoms. The summed E-state index contributed by atoms with van der Waals surface area (Å²) in [5.74, 6) is 0.584. The molecule has 2 aromatic rings. The van der Waals surface area contributed by atoms with E-state index in [9.17, 15) is 9.59 Å². The summed E-state index contributed by atoms with van der Waals surface area (Å²) in [6.07, 6.45) is -1.04. The first kappa shape index (κ1) is 23.6. The Hall–Kier alpha value is -3.07. The topological polar surface area (TPSA) is 94.9 Å². The van der Waals surface area contributed by atoms with E-state index in [-0.39, 0.29) is 13.2 Å². The fourth-order valence-electron chi connectivity index (χ4n) is 3.33. The van der Waals surface area contributed by atoms with Gasteiger partial charge in [-0.15, -0.1) is 0 Å². The number of ether oxygens (including phenoxy) is 3. The first-order chi connectivity index (χ1) is 15.1. The Labute approximate surface area is 188 Å². The molecule has 1 aromatic carbocycles. The summed E-state index contributed by atoms with van der Waals surface area (Å²) >= 11 is 0. The van der Waals surface area contributed by atoms with Gasteiger partial charge in [-0.1, -0.05) is 12.1 Å². The maximum Gasteiger partial charge on any atom is 0.417 e. The van der Waals surface area contributed by atoms with Crippen molar-refractivity contribution in [3.05, 3.63) is 41.7 Å². The van der Waals surface area contributed by atoms with Crippen LogP contribution >= 0.6 is 0 Å². The number of fused-ring (bicyclic) bond motifs is 1. The second kappa shape index (κ2) is 10.0. The van der Waals surface area contributed by atoms with Crippen LogP contribution in [0.25, 0.3) is 0 Å². The molecule has 2 heterocycles. The smallest absolute Gasteiger partial charge is 0.417 e. The van der Waals surface area contributed by atoms with Gasteiger partial charge < -0.3 is 19.5 Å². The van der Waals surface area contributed by atoms with Crippen LogP contribution in [-0.4, -0.2) is 58.1 Å². The first-order valence-corrected chi connectivity index (χ1v) is 10.8. The standard InChI is InChI=1S/C23H32N4O5/c1-16-13-17(26(5)25-16)14-24-11-8-12-27(22(29)32-23(2,3)4)21(28)20-15-30-18-9-6-7-10-19(18)31-20/h6-7,9-10,13,20,24H,8,11-12,14-15H2,1-5H3. The molecule has 1 atom stereocenters. The van der Waals surface area contributed by atoms with Gasteiger partial charge in [0.25, 0.3) is 5.91 Å². The lowest BCUT2D eigenvalue weighted by atomic mass is 10.2. The van der Waals surface area contributed by atoms with Gasteiger partial charge in [0.15, 0.2) is 11.5 Å². The van der Waals surface area contributed by atoms with Gasteiger partial charge in [0.1, 0.15) is 12.2 Å². The Balaban J connectivity index is 1.59. The molecule has 3 rings (SSSR count). The lowest BCUT2D eigenvalue weighted by molar-refractivity contribution is -0.140. The molecule has 1 aliphatic heterocycles. The molecular formula is C23H32N4O5. The lowest BCUT2D eigenvalue weighted by Gasteiger charge is -2.31. The summed E-state index contributed by atoms with van der Waals surface area (Å²) in [4.78, 5) is 27.0. The Kier molecular flexibility index (Phi) is 7.40. The molecule has 1 aliphatic rings. The Bertz CT molecular complexity index is 950. The zero-order chi connectivity index (χ0) is 23.3. The third-order valence-corrected chi connectivity index (χ3v) is 4.80. The van der Waals surface area contributed by atoms with Gasteiger partial charge in [0.2, 0.25) is 6.10 Å². The number of nitrogens with zero attached hydrogens (tertiary/aromatic N) is 3. The van der Waals surface area contributed by atoms with E-state index < -0.39 is 23.7 Å². The number of aryl methyl sites for hydroxylation is 2. The number of carbonyl (C=O) groups is 2. The van der Waals surface area contributed by atoms with Gasteiger partial charge in [-0.05, 0) is 58.9 Å². The summed E-state index contributed by atoms with van der Waals surface area (Å²) in [6.45, 7) is 8.74. The molecule has 0 fully saturated rings. The van der Waals surface area contributed by atoms with Crippen LogP contribution in [0.3, 0.4) is 0 Å². The summed E-state index contributed by atoms with van der Waals surface area (Å²) in [5.41, 5.74) is 1.30. The predicted molar refractivity (Wildman–Crippen MR) is 119 cm³/mol. The van der Waals surface area contributed by atoms with Gasteiger partial charge in [-0.2, -0.15) is 5.10 Å². The van der Waals surface area contributed by atoms with Gasteiger partial charge >= 0.3 is 6.09 Å². The van der Waals surface area contributed by atoms with E-state index in [0.29, 0.717) is 31.0 Å². The summed E-state index contributed by atoms with van der Waals surface area (Å²) in [6, 6.07) is 9.16. The van der Waals surface area contributed by atoms with Crippen molar-refractivity contribution >= 4 is 12.0 Å². The highest BCUT2D eigenvalue weighted by atomic mass is 16.6. The van der Waals surface area contributed by atoms with E-state index in [4.69, 9.17) is 14.2 Å². The number of amides is 2. The predicted octanol–water partition coefficient (Wildman–Crippen LogP) is 2.81. The molecule has 9 heteroatoms. The maximum atomic E-state index is 13.2. The molecule has 0 bridgehead atoms. The third kappa shape index (κ3) is 6.23. The number of para-hydroxylation sites is 2.